The molecule has 0 unspecified atom stereocenters. The maximum absolute atomic E-state index is 9.38. The highest BCUT2D eigenvalue weighted by atomic mass is 16.5. The van der Waals surface area contributed by atoms with Crippen LogP contribution in [-0.2, 0) is 10.2 Å². The second-order valence-corrected chi connectivity index (χ2v) is 5.03. The van der Waals surface area contributed by atoms with Crippen molar-refractivity contribution in [1.29, 1.82) is 0 Å². The van der Waals surface area contributed by atoms with E-state index in [4.69, 9.17) is 4.74 Å². The quantitative estimate of drug-likeness (QED) is 0.862. The van der Waals surface area contributed by atoms with Gasteiger partial charge in [-0.1, -0.05) is 31.4 Å². The summed E-state index contributed by atoms with van der Waals surface area (Å²) < 4.78 is 5.70. The molecule has 1 saturated carbocycles. The number of rotatable bonds is 4. The van der Waals surface area contributed by atoms with E-state index >= 15 is 0 Å². The second kappa shape index (κ2) is 5.54. The molecule has 1 aliphatic rings. The maximum Gasteiger partial charge on any atom is 0.115 e. The van der Waals surface area contributed by atoms with E-state index in [9.17, 15) is 5.11 Å². The zero-order chi connectivity index (χ0) is 12.1. The molecule has 0 spiro atoms. The highest BCUT2D eigenvalue weighted by molar-refractivity contribution is 5.32. The van der Waals surface area contributed by atoms with Crippen LogP contribution < -0.4 is 0 Å². The molecule has 0 aromatic heterocycles. The van der Waals surface area contributed by atoms with Gasteiger partial charge in [-0.2, -0.15) is 0 Å². The highest BCUT2D eigenvalue weighted by Gasteiger charge is 2.33. The predicted molar refractivity (Wildman–Crippen MR) is 69.4 cm³/mol. The Bertz CT molecular complexity index is 336. The van der Waals surface area contributed by atoms with Crippen molar-refractivity contribution in [2.45, 2.75) is 44.4 Å². The van der Waals surface area contributed by atoms with Gasteiger partial charge >= 0.3 is 0 Å². The first-order valence-corrected chi connectivity index (χ1v) is 6.64. The number of phenols is 1. The number of ether oxygens (including phenoxy) is 1. The molecule has 17 heavy (non-hydrogen) atoms. The third-order valence-corrected chi connectivity index (χ3v) is 3.87. The zero-order valence-electron chi connectivity index (χ0n) is 10.6. The zero-order valence-corrected chi connectivity index (χ0v) is 10.6. The average molecular weight is 234 g/mol. The molecule has 94 valence electrons. The first-order valence-electron chi connectivity index (χ1n) is 6.64. The van der Waals surface area contributed by atoms with Crippen LogP contribution in [0.25, 0.3) is 0 Å². The summed E-state index contributed by atoms with van der Waals surface area (Å²) in [6.07, 6.45) is 6.32. The number of hydrogen-bond donors (Lipinski definition) is 1. The van der Waals surface area contributed by atoms with Crippen LogP contribution in [0.4, 0.5) is 0 Å². The van der Waals surface area contributed by atoms with Crippen LogP contribution in [0.3, 0.4) is 0 Å². The number of aromatic hydroxyl groups is 1. The van der Waals surface area contributed by atoms with Gasteiger partial charge in [0.05, 0.1) is 6.61 Å². The molecular weight excluding hydrogens is 212 g/mol. The largest absolute Gasteiger partial charge is 0.508 e. The van der Waals surface area contributed by atoms with Gasteiger partial charge in [0, 0.05) is 12.0 Å². The molecule has 0 radical (unpaired) electrons. The van der Waals surface area contributed by atoms with Crippen molar-refractivity contribution in [3.63, 3.8) is 0 Å². The van der Waals surface area contributed by atoms with Gasteiger partial charge in [0.25, 0.3) is 0 Å². The van der Waals surface area contributed by atoms with Gasteiger partial charge in [-0.15, -0.1) is 0 Å². The lowest BCUT2D eigenvalue weighted by Gasteiger charge is -2.37. The van der Waals surface area contributed by atoms with Gasteiger partial charge in [-0.3, -0.25) is 0 Å². The molecule has 1 aromatic rings. The fourth-order valence-corrected chi connectivity index (χ4v) is 2.86. The summed E-state index contributed by atoms with van der Waals surface area (Å²) in [4.78, 5) is 0. The summed E-state index contributed by atoms with van der Waals surface area (Å²) in [5, 5.41) is 9.38. The molecule has 1 aliphatic carbocycles. The molecule has 0 bridgehead atoms. The Morgan fingerprint density at radius 2 is 1.76 bits per heavy atom. The van der Waals surface area contributed by atoms with Crippen LogP contribution in [0, 0.1) is 0 Å². The average Bonchev–Trinajstić information content (AvgIpc) is 2.38. The monoisotopic (exact) mass is 234 g/mol. The third-order valence-electron chi connectivity index (χ3n) is 3.87. The minimum absolute atomic E-state index is 0.182. The molecule has 0 saturated heterocycles. The van der Waals surface area contributed by atoms with E-state index in [1.807, 2.05) is 6.92 Å². The summed E-state index contributed by atoms with van der Waals surface area (Å²) in [6.45, 7) is 3.64. The summed E-state index contributed by atoms with van der Waals surface area (Å²) >= 11 is 0. The van der Waals surface area contributed by atoms with Crippen molar-refractivity contribution in [2.24, 2.45) is 0 Å². The standard InChI is InChI=1S/C15H22O2/c1-2-17-12-15(10-4-3-5-11-15)13-6-8-14(16)9-7-13/h6-9,16H,2-5,10-12H2,1H3. The summed E-state index contributed by atoms with van der Waals surface area (Å²) in [5.74, 6) is 0.344. The molecule has 2 heteroatoms. The fourth-order valence-electron chi connectivity index (χ4n) is 2.86. The predicted octanol–water partition coefficient (Wildman–Crippen LogP) is 3.63. The van der Waals surface area contributed by atoms with Crippen molar-refractivity contribution in [3.05, 3.63) is 29.8 Å². The van der Waals surface area contributed by atoms with Crippen molar-refractivity contribution in [3.8, 4) is 5.75 Å². The first kappa shape index (κ1) is 12.4. The van der Waals surface area contributed by atoms with Crippen molar-refractivity contribution < 1.29 is 9.84 Å². The van der Waals surface area contributed by atoms with Gasteiger partial charge in [0.2, 0.25) is 0 Å². The summed E-state index contributed by atoms with van der Waals surface area (Å²) in [7, 11) is 0. The molecule has 2 nitrogen and oxygen atoms in total. The number of hydrogen-bond acceptors (Lipinski definition) is 2. The van der Waals surface area contributed by atoms with Crippen LogP contribution in [0.15, 0.2) is 24.3 Å². The Balaban J connectivity index is 2.21. The fraction of sp³-hybridized carbons (Fsp3) is 0.600. The van der Waals surface area contributed by atoms with E-state index in [1.54, 1.807) is 12.1 Å². The third kappa shape index (κ3) is 2.81. The Morgan fingerprint density at radius 1 is 1.12 bits per heavy atom. The smallest absolute Gasteiger partial charge is 0.115 e. The van der Waals surface area contributed by atoms with Crippen LogP contribution in [0.2, 0.25) is 0 Å². The van der Waals surface area contributed by atoms with Gasteiger partial charge in [-0.05, 0) is 37.5 Å². The number of benzene rings is 1. The molecule has 1 fully saturated rings. The molecule has 0 heterocycles. The Morgan fingerprint density at radius 3 is 2.35 bits per heavy atom. The lowest BCUT2D eigenvalue weighted by atomic mass is 9.70. The van der Waals surface area contributed by atoms with E-state index in [2.05, 4.69) is 12.1 Å². The number of phenolic OH excluding ortho intramolecular Hbond substituents is 1. The second-order valence-electron chi connectivity index (χ2n) is 5.03. The molecule has 0 aliphatic heterocycles. The normalized spacial score (nSPS) is 19.1. The van der Waals surface area contributed by atoms with E-state index in [0.717, 1.165) is 13.2 Å². The first-order chi connectivity index (χ1) is 8.27. The SMILES string of the molecule is CCOCC1(c2ccc(O)cc2)CCCCC1. The van der Waals surface area contributed by atoms with Crippen LogP contribution in [0.5, 0.6) is 5.75 Å². The van der Waals surface area contributed by atoms with Gasteiger partial charge in [0.15, 0.2) is 0 Å². The van der Waals surface area contributed by atoms with E-state index in [0.29, 0.717) is 5.75 Å². The maximum atomic E-state index is 9.38. The van der Waals surface area contributed by atoms with Crippen molar-refractivity contribution in [1.82, 2.24) is 0 Å². The van der Waals surface area contributed by atoms with Gasteiger partial charge < -0.3 is 9.84 Å². The van der Waals surface area contributed by atoms with Gasteiger partial charge in [-0.25, -0.2) is 0 Å². The van der Waals surface area contributed by atoms with E-state index in [-0.39, 0.29) is 5.41 Å². The Labute approximate surface area is 104 Å². The van der Waals surface area contributed by atoms with E-state index < -0.39 is 0 Å². The molecule has 2 rings (SSSR count). The summed E-state index contributed by atoms with van der Waals surface area (Å²) in [5.41, 5.74) is 1.51. The molecule has 0 atom stereocenters. The molecule has 0 amide bonds. The van der Waals surface area contributed by atoms with Gasteiger partial charge in [0.1, 0.15) is 5.75 Å². The van der Waals surface area contributed by atoms with Crippen LogP contribution >= 0.6 is 0 Å². The lowest BCUT2D eigenvalue weighted by Crippen LogP contribution is -2.34. The molecule has 1 aromatic carbocycles. The topological polar surface area (TPSA) is 29.5 Å². The van der Waals surface area contributed by atoms with Crippen LogP contribution in [0.1, 0.15) is 44.6 Å². The Hall–Kier alpha value is -1.02. The molecular formula is C15H22O2. The minimum atomic E-state index is 0.182. The highest BCUT2D eigenvalue weighted by Crippen LogP contribution is 2.40. The van der Waals surface area contributed by atoms with Crippen LogP contribution in [-0.4, -0.2) is 18.3 Å². The Kier molecular flexibility index (Phi) is 4.06. The lowest BCUT2D eigenvalue weighted by molar-refractivity contribution is 0.0721. The van der Waals surface area contributed by atoms with E-state index in [1.165, 1.54) is 37.7 Å². The summed E-state index contributed by atoms with van der Waals surface area (Å²) in [6, 6.07) is 7.69. The van der Waals surface area contributed by atoms with Crippen molar-refractivity contribution >= 4 is 0 Å². The molecule has 1 N–H and O–H groups in total. The van der Waals surface area contributed by atoms with Crippen molar-refractivity contribution in [2.75, 3.05) is 13.2 Å². The minimum Gasteiger partial charge on any atom is -0.508 e.